The first-order valence-corrected chi connectivity index (χ1v) is 16.8. The molecule has 0 aliphatic carbocycles. The number of amides is 3. The van der Waals surface area contributed by atoms with Crippen LogP contribution in [0, 0.1) is 13.8 Å². The molecule has 0 aliphatic heterocycles. The van der Waals surface area contributed by atoms with Gasteiger partial charge in [-0.2, -0.15) is 5.10 Å². The molecule has 5 heterocycles. The lowest BCUT2D eigenvalue weighted by Gasteiger charge is -2.24. The Kier molecular flexibility index (Phi) is 9.69. The van der Waals surface area contributed by atoms with E-state index in [1.807, 2.05) is 74.1 Å². The number of fused-ring (bicyclic) bond motifs is 4. The Labute approximate surface area is 299 Å². The molecule has 15 nitrogen and oxygen atoms in total. The Morgan fingerprint density at radius 1 is 0.904 bits per heavy atom. The van der Waals surface area contributed by atoms with Gasteiger partial charge in [0.25, 0.3) is 0 Å². The highest BCUT2D eigenvalue weighted by atomic mass is 16.6. The van der Waals surface area contributed by atoms with Crippen LogP contribution in [0.1, 0.15) is 59.4 Å². The number of hydrogen-bond donors (Lipinski definition) is 3. The van der Waals surface area contributed by atoms with E-state index < -0.39 is 23.5 Å². The number of ether oxygens (including phenoxy) is 2. The van der Waals surface area contributed by atoms with Crippen LogP contribution >= 0.6 is 0 Å². The molecule has 52 heavy (non-hydrogen) atoms. The van der Waals surface area contributed by atoms with Crippen molar-refractivity contribution in [2.45, 2.75) is 59.7 Å². The number of allylic oxidation sites excluding steroid dienone is 2. The van der Waals surface area contributed by atoms with E-state index in [1.54, 1.807) is 25.2 Å². The zero-order valence-electron chi connectivity index (χ0n) is 30.1. The minimum Gasteiger partial charge on any atom is -0.491 e. The number of aromatic nitrogens is 7. The van der Waals surface area contributed by atoms with Crippen molar-refractivity contribution in [1.29, 1.82) is 0 Å². The third-order valence-corrected chi connectivity index (χ3v) is 8.42. The van der Waals surface area contributed by atoms with Gasteiger partial charge in [0.1, 0.15) is 39.7 Å². The summed E-state index contributed by atoms with van der Waals surface area (Å²) in [4.78, 5) is 52.3. The highest BCUT2D eigenvalue weighted by Gasteiger charge is 2.21. The van der Waals surface area contributed by atoms with Gasteiger partial charge in [-0.1, -0.05) is 12.2 Å². The molecule has 0 radical (unpaired) electrons. The molecular formula is C37H42N10O5. The maximum absolute atomic E-state index is 12.4. The second-order valence-corrected chi connectivity index (χ2v) is 13.6. The lowest BCUT2D eigenvalue weighted by Crippen LogP contribution is -2.35. The molecule has 0 atom stereocenters. The number of aromatic amines is 1. The van der Waals surface area contributed by atoms with Gasteiger partial charge in [-0.3, -0.25) is 14.7 Å². The molecule has 3 amide bonds. The van der Waals surface area contributed by atoms with Crippen molar-refractivity contribution in [3.8, 4) is 17.1 Å². The van der Waals surface area contributed by atoms with Crippen LogP contribution < -0.4 is 16.2 Å². The Morgan fingerprint density at radius 2 is 1.63 bits per heavy atom. The summed E-state index contributed by atoms with van der Waals surface area (Å²) in [5, 5.41) is 8.92. The lowest BCUT2D eigenvalue weighted by molar-refractivity contribution is 0.0292. The number of rotatable bonds is 12. The van der Waals surface area contributed by atoms with Gasteiger partial charge < -0.3 is 35.0 Å². The fraction of sp³-hybridized carbons (Fsp3) is 0.324. The molecule has 0 saturated heterocycles. The van der Waals surface area contributed by atoms with Gasteiger partial charge in [-0.25, -0.2) is 19.7 Å². The van der Waals surface area contributed by atoms with Crippen molar-refractivity contribution in [1.82, 2.24) is 39.2 Å². The molecule has 6 rings (SSSR count). The standard InChI is InChI=1S/C37H42N10O5/c1-21-16-28(44-43-21)27-11-10-25-26-17-24(33(39)49)20-40-34(26)47(35(25)42-27)14-8-7-13-46-22(2)41-29-18-23(32(38)48)19-30(31(29)46)51-15-9-12-45(6)36(50)52-37(3,4)5/h7-8,10-11,16-20H,9,12-15H2,1-6H3,(H2,38,48)(H2,39,49)(H,43,44)/b8-7+. The predicted molar refractivity (Wildman–Crippen MR) is 197 cm³/mol. The summed E-state index contributed by atoms with van der Waals surface area (Å²) < 4.78 is 15.6. The molecule has 5 aromatic heterocycles. The average Bonchev–Trinajstić information content (AvgIpc) is 3.76. The third kappa shape index (κ3) is 7.43. The van der Waals surface area contributed by atoms with Crippen LogP contribution in [0.4, 0.5) is 4.79 Å². The van der Waals surface area contributed by atoms with Crippen LogP contribution in [0.15, 0.2) is 54.7 Å². The number of primary amides is 2. The summed E-state index contributed by atoms with van der Waals surface area (Å²) in [6.07, 6.45) is 5.59. The van der Waals surface area contributed by atoms with Crippen LogP contribution in [0.2, 0.25) is 0 Å². The molecule has 6 aromatic rings. The van der Waals surface area contributed by atoms with E-state index in [4.69, 9.17) is 30.9 Å². The maximum Gasteiger partial charge on any atom is 0.410 e. The molecule has 1 aromatic carbocycles. The van der Waals surface area contributed by atoms with E-state index in [0.717, 1.165) is 16.5 Å². The first-order valence-electron chi connectivity index (χ1n) is 16.8. The summed E-state index contributed by atoms with van der Waals surface area (Å²) >= 11 is 0. The second-order valence-electron chi connectivity index (χ2n) is 13.6. The first-order chi connectivity index (χ1) is 24.7. The number of nitrogens with two attached hydrogens (primary N) is 2. The van der Waals surface area contributed by atoms with Crippen molar-refractivity contribution in [2.75, 3.05) is 20.2 Å². The van der Waals surface area contributed by atoms with E-state index in [9.17, 15) is 14.4 Å². The largest absolute Gasteiger partial charge is 0.491 e. The summed E-state index contributed by atoms with van der Waals surface area (Å²) in [5.41, 5.74) is 16.2. The molecule has 270 valence electrons. The smallest absolute Gasteiger partial charge is 0.410 e. The van der Waals surface area contributed by atoms with Gasteiger partial charge >= 0.3 is 6.09 Å². The van der Waals surface area contributed by atoms with Crippen LogP contribution in [0.3, 0.4) is 0 Å². The SMILES string of the molecule is Cc1cc(-c2ccc3c4cc(C(N)=O)cnc4n(C/C=C/Cn4c(C)nc5cc(C(N)=O)cc(OCCCN(C)C(=O)OC(C)(C)C)c54)c3n2)n[nH]1. The number of aryl methyl sites for hydroxylation is 2. The fourth-order valence-electron chi connectivity index (χ4n) is 5.93. The summed E-state index contributed by atoms with van der Waals surface area (Å²) in [6, 6.07) is 10.8. The predicted octanol–water partition coefficient (Wildman–Crippen LogP) is 5.03. The first kappa shape index (κ1) is 35.6. The number of pyridine rings is 2. The number of imidazole rings is 1. The topological polar surface area (TPSA) is 202 Å². The van der Waals surface area contributed by atoms with Gasteiger partial charge in [-0.05, 0) is 77.4 Å². The number of hydrogen-bond acceptors (Lipinski definition) is 9. The number of carbonyl (C=O) groups is 3. The fourth-order valence-corrected chi connectivity index (χ4v) is 5.93. The van der Waals surface area contributed by atoms with Gasteiger partial charge in [-0.15, -0.1) is 0 Å². The quantitative estimate of drug-likeness (QED) is 0.115. The molecule has 0 saturated carbocycles. The number of nitrogens with one attached hydrogen (secondary N) is 1. The van der Waals surface area contributed by atoms with Crippen molar-refractivity contribution < 1.29 is 23.9 Å². The second kappa shape index (κ2) is 14.2. The number of benzene rings is 1. The molecule has 0 unspecified atom stereocenters. The van der Waals surface area contributed by atoms with Crippen molar-refractivity contribution in [3.05, 3.63) is 77.4 Å². The van der Waals surface area contributed by atoms with Crippen LogP contribution in [-0.4, -0.2) is 82.9 Å². The van der Waals surface area contributed by atoms with Gasteiger partial charge in [0, 0.05) is 54.9 Å². The molecular weight excluding hydrogens is 664 g/mol. The summed E-state index contributed by atoms with van der Waals surface area (Å²) in [6.45, 7) is 10.8. The molecule has 0 spiro atoms. The van der Waals surface area contributed by atoms with E-state index in [0.29, 0.717) is 76.9 Å². The molecule has 15 heteroatoms. The Balaban J connectivity index is 1.26. The monoisotopic (exact) mass is 706 g/mol. The normalized spacial score (nSPS) is 12.0. The van der Waals surface area contributed by atoms with Crippen LogP contribution in [0.5, 0.6) is 5.75 Å². The lowest BCUT2D eigenvalue weighted by atomic mass is 10.1. The number of H-pyrrole nitrogens is 1. The average molecular weight is 707 g/mol. The van der Waals surface area contributed by atoms with E-state index in [-0.39, 0.29) is 12.2 Å². The zero-order valence-corrected chi connectivity index (χ0v) is 30.1. The maximum atomic E-state index is 12.4. The van der Waals surface area contributed by atoms with Gasteiger partial charge in [0.2, 0.25) is 11.8 Å². The van der Waals surface area contributed by atoms with E-state index in [1.165, 1.54) is 11.1 Å². The molecule has 5 N–H and O–H groups in total. The summed E-state index contributed by atoms with van der Waals surface area (Å²) in [7, 11) is 1.67. The Morgan fingerprint density at radius 3 is 2.31 bits per heavy atom. The van der Waals surface area contributed by atoms with E-state index in [2.05, 4.69) is 15.2 Å². The molecule has 0 fully saturated rings. The zero-order chi connectivity index (χ0) is 37.3. The van der Waals surface area contributed by atoms with Gasteiger partial charge in [0.15, 0.2) is 0 Å². The third-order valence-electron chi connectivity index (χ3n) is 8.42. The van der Waals surface area contributed by atoms with Crippen molar-refractivity contribution in [2.24, 2.45) is 11.5 Å². The van der Waals surface area contributed by atoms with Gasteiger partial charge in [0.05, 0.1) is 23.4 Å². The Bertz CT molecular complexity index is 2360. The summed E-state index contributed by atoms with van der Waals surface area (Å²) in [5.74, 6) is 0.0240. The minimum atomic E-state index is -0.593. The van der Waals surface area contributed by atoms with Crippen molar-refractivity contribution in [3.63, 3.8) is 0 Å². The Hall–Kier alpha value is -6.25. The molecule has 0 aliphatic rings. The molecule has 0 bridgehead atoms. The van der Waals surface area contributed by atoms with Crippen LogP contribution in [0.25, 0.3) is 44.5 Å². The highest BCUT2D eigenvalue weighted by Crippen LogP contribution is 2.31. The number of carbonyl (C=O) groups excluding carboxylic acids is 3. The minimum absolute atomic E-state index is 0.273. The van der Waals surface area contributed by atoms with Crippen molar-refractivity contribution >= 4 is 51.0 Å². The van der Waals surface area contributed by atoms with E-state index >= 15 is 0 Å². The number of nitrogens with zero attached hydrogens (tertiary/aromatic N) is 7. The highest BCUT2D eigenvalue weighted by molar-refractivity contribution is 6.08. The van der Waals surface area contributed by atoms with Crippen LogP contribution in [-0.2, 0) is 17.8 Å².